The number of hydrogen-bond acceptors (Lipinski definition) is 4. The van der Waals surface area contributed by atoms with Crippen molar-refractivity contribution in [1.29, 1.82) is 0 Å². The molecule has 1 heterocycles. The van der Waals surface area contributed by atoms with E-state index < -0.39 is 0 Å². The number of methoxy groups -OCH3 is 1. The quantitative estimate of drug-likeness (QED) is 0.871. The topological polar surface area (TPSA) is 43.4 Å². The molecule has 1 aromatic heterocycles. The number of hydrogen-bond donors (Lipinski definition) is 1. The van der Waals surface area contributed by atoms with E-state index in [1.165, 1.54) is 0 Å². The van der Waals surface area contributed by atoms with Crippen molar-refractivity contribution in [2.45, 2.75) is 51.4 Å². The molecule has 2 unspecified atom stereocenters. The minimum atomic E-state index is 0.245. The van der Waals surface area contributed by atoms with Crippen molar-refractivity contribution >= 4 is 17.4 Å². The van der Waals surface area contributed by atoms with Gasteiger partial charge in [-0.15, -0.1) is 0 Å². The number of halogens is 1. The molecule has 20 heavy (non-hydrogen) atoms. The van der Waals surface area contributed by atoms with Crippen molar-refractivity contribution in [2.24, 2.45) is 0 Å². The summed E-state index contributed by atoms with van der Waals surface area (Å²) in [6, 6.07) is 3.75. The summed E-state index contributed by atoms with van der Waals surface area (Å²) < 4.78 is 11.4. The van der Waals surface area contributed by atoms with Crippen molar-refractivity contribution in [3.05, 3.63) is 22.8 Å². The van der Waals surface area contributed by atoms with Gasteiger partial charge in [0.2, 0.25) is 0 Å². The average molecular weight is 299 g/mol. The van der Waals surface area contributed by atoms with Crippen molar-refractivity contribution in [3.63, 3.8) is 0 Å². The molecule has 2 rings (SSSR count). The molecule has 112 valence electrons. The first-order chi connectivity index (χ1) is 9.72. The van der Waals surface area contributed by atoms with Gasteiger partial charge in [-0.1, -0.05) is 11.6 Å². The Morgan fingerprint density at radius 2 is 2.15 bits per heavy atom. The smallest absolute Gasteiger partial charge is 0.126 e. The van der Waals surface area contributed by atoms with E-state index in [0.29, 0.717) is 17.7 Å². The standard InChI is InChI=1S/C15H23ClN2O2/c1-3-17-15-8-7-13(16)14(18-15)10-20-12-6-4-5-11(9-12)19-2/h7-8,11-12H,3-6,9-10H2,1-2H3,(H,17,18). The second kappa shape index (κ2) is 7.81. The van der Waals surface area contributed by atoms with E-state index in [-0.39, 0.29) is 6.10 Å². The number of pyridine rings is 1. The van der Waals surface area contributed by atoms with E-state index in [0.717, 1.165) is 43.7 Å². The number of rotatable bonds is 6. The summed E-state index contributed by atoms with van der Waals surface area (Å²) in [7, 11) is 1.77. The molecule has 0 radical (unpaired) electrons. The summed E-state index contributed by atoms with van der Waals surface area (Å²) in [4.78, 5) is 4.49. The molecule has 0 saturated heterocycles. The molecule has 2 atom stereocenters. The highest BCUT2D eigenvalue weighted by Crippen LogP contribution is 2.25. The van der Waals surface area contributed by atoms with Gasteiger partial charge in [-0.2, -0.15) is 0 Å². The van der Waals surface area contributed by atoms with E-state index in [9.17, 15) is 0 Å². The summed E-state index contributed by atoms with van der Waals surface area (Å²) in [5.41, 5.74) is 0.796. The molecule has 0 aliphatic heterocycles. The number of nitrogens with one attached hydrogen (secondary N) is 1. The van der Waals surface area contributed by atoms with Crippen LogP contribution in [-0.2, 0) is 16.1 Å². The van der Waals surface area contributed by atoms with Gasteiger partial charge in [0.05, 0.1) is 29.5 Å². The van der Waals surface area contributed by atoms with Crippen LogP contribution in [0.25, 0.3) is 0 Å². The molecular formula is C15H23ClN2O2. The van der Waals surface area contributed by atoms with Gasteiger partial charge in [-0.3, -0.25) is 0 Å². The fourth-order valence-corrected chi connectivity index (χ4v) is 2.69. The van der Waals surface area contributed by atoms with Crippen LogP contribution in [0.2, 0.25) is 5.02 Å². The molecule has 1 N–H and O–H groups in total. The largest absolute Gasteiger partial charge is 0.381 e. The molecule has 1 saturated carbocycles. The third-order valence-electron chi connectivity index (χ3n) is 3.64. The van der Waals surface area contributed by atoms with Crippen LogP contribution < -0.4 is 5.32 Å². The van der Waals surface area contributed by atoms with Gasteiger partial charge in [-0.25, -0.2) is 4.98 Å². The van der Waals surface area contributed by atoms with E-state index in [1.54, 1.807) is 7.11 Å². The van der Waals surface area contributed by atoms with Gasteiger partial charge in [0, 0.05) is 13.7 Å². The van der Waals surface area contributed by atoms with Gasteiger partial charge >= 0.3 is 0 Å². The van der Waals surface area contributed by atoms with Gasteiger partial charge in [0.25, 0.3) is 0 Å². The van der Waals surface area contributed by atoms with Crippen LogP contribution in [0, 0.1) is 0 Å². The Morgan fingerprint density at radius 1 is 1.35 bits per heavy atom. The minimum Gasteiger partial charge on any atom is -0.381 e. The zero-order valence-corrected chi connectivity index (χ0v) is 12.9. The minimum absolute atomic E-state index is 0.245. The highest BCUT2D eigenvalue weighted by Gasteiger charge is 2.22. The number of nitrogens with zero attached hydrogens (tertiary/aromatic N) is 1. The fraction of sp³-hybridized carbons (Fsp3) is 0.667. The van der Waals surface area contributed by atoms with E-state index in [1.807, 2.05) is 19.1 Å². The summed E-state index contributed by atoms with van der Waals surface area (Å²) in [5.74, 6) is 0.842. The predicted molar refractivity (Wildman–Crippen MR) is 81.3 cm³/mol. The van der Waals surface area contributed by atoms with E-state index >= 15 is 0 Å². The van der Waals surface area contributed by atoms with Crippen LogP contribution in [0.5, 0.6) is 0 Å². The Morgan fingerprint density at radius 3 is 2.90 bits per heavy atom. The maximum absolute atomic E-state index is 6.18. The maximum atomic E-state index is 6.18. The molecule has 4 nitrogen and oxygen atoms in total. The normalized spacial score (nSPS) is 22.8. The lowest BCUT2D eigenvalue weighted by molar-refractivity contribution is -0.0371. The predicted octanol–water partition coefficient (Wildman–Crippen LogP) is 3.64. The van der Waals surface area contributed by atoms with Crippen LogP contribution in [0.3, 0.4) is 0 Å². The maximum Gasteiger partial charge on any atom is 0.126 e. The van der Waals surface area contributed by atoms with Gasteiger partial charge in [0.15, 0.2) is 0 Å². The highest BCUT2D eigenvalue weighted by atomic mass is 35.5. The first-order valence-corrected chi connectivity index (χ1v) is 7.64. The Labute approximate surface area is 125 Å². The summed E-state index contributed by atoms with van der Waals surface area (Å²) in [5, 5.41) is 3.84. The monoisotopic (exact) mass is 298 g/mol. The lowest BCUT2D eigenvalue weighted by atomic mass is 9.95. The Kier molecular flexibility index (Phi) is 6.07. The van der Waals surface area contributed by atoms with Crippen LogP contribution in [0.15, 0.2) is 12.1 Å². The molecule has 0 bridgehead atoms. The molecule has 1 fully saturated rings. The zero-order chi connectivity index (χ0) is 14.4. The molecule has 1 aromatic rings. The molecule has 0 spiro atoms. The lowest BCUT2D eigenvalue weighted by Crippen LogP contribution is -2.27. The summed E-state index contributed by atoms with van der Waals surface area (Å²) >= 11 is 6.18. The van der Waals surface area contributed by atoms with E-state index in [4.69, 9.17) is 21.1 Å². The molecular weight excluding hydrogens is 276 g/mol. The van der Waals surface area contributed by atoms with Crippen molar-refractivity contribution in [3.8, 4) is 0 Å². The first kappa shape index (κ1) is 15.5. The molecule has 0 amide bonds. The first-order valence-electron chi connectivity index (χ1n) is 7.26. The highest BCUT2D eigenvalue weighted by molar-refractivity contribution is 6.31. The zero-order valence-electron chi connectivity index (χ0n) is 12.2. The van der Waals surface area contributed by atoms with Gasteiger partial charge < -0.3 is 14.8 Å². The van der Waals surface area contributed by atoms with Crippen molar-refractivity contribution in [2.75, 3.05) is 19.0 Å². The number of ether oxygens (including phenoxy) is 2. The Bertz CT molecular complexity index is 428. The van der Waals surface area contributed by atoms with Crippen molar-refractivity contribution in [1.82, 2.24) is 4.98 Å². The third-order valence-corrected chi connectivity index (χ3v) is 3.99. The van der Waals surface area contributed by atoms with Gasteiger partial charge in [-0.05, 0) is 44.7 Å². The summed E-state index contributed by atoms with van der Waals surface area (Å²) in [6.45, 7) is 3.34. The average Bonchev–Trinajstić information content (AvgIpc) is 2.48. The number of anilines is 1. The number of aromatic nitrogens is 1. The van der Waals surface area contributed by atoms with Crippen LogP contribution in [0.1, 0.15) is 38.3 Å². The molecule has 1 aliphatic rings. The Balaban J connectivity index is 1.91. The van der Waals surface area contributed by atoms with E-state index in [2.05, 4.69) is 10.3 Å². The lowest BCUT2D eigenvalue weighted by Gasteiger charge is -2.28. The second-order valence-electron chi connectivity index (χ2n) is 5.11. The van der Waals surface area contributed by atoms with Crippen LogP contribution in [0.4, 0.5) is 5.82 Å². The third kappa shape index (κ3) is 4.33. The molecule has 1 aliphatic carbocycles. The molecule has 5 heteroatoms. The van der Waals surface area contributed by atoms with Crippen LogP contribution >= 0.6 is 11.6 Å². The SMILES string of the molecule is CCNc1ccc(Cl)c(COC2CCCC(OC)C2)n1. The van der Waals surface area contributed by atoms with Gasteiger partial charge in [0.1, 0.15) is 5.82 Å². The second-order valence-corrected chi connectivity index (χ2v) is 5.52. The Hall–Kier alpha value is -0.840. The fourth-order valence-electron chi connectivity index (χ4n) is 2.53. The summed E-state index contributed by atoms with van der Waals surface area (Å²) in [6.07, 6.45) is 4.90. The molecule has 0 aromatic carbocycles. The van der Waals surface area contributed by atoms with Crippen molar-refractivity contribution < 1.29 is 9.47 Å². The van der Waals surface area contributed by atoms with Crippen LogP contribution in [-0.4, -0.2) is 30.8 Å².